The summed E-state index contributed by atoms with van der Waals surface area (Å²) in [7, 11) is 1.52. The Morgan fingerprint density at radius 2 is 2.12 bits per heavy atom. The number of nitrogens with zero attached hydrogens (tertiary/aromatic N) is 1. The van der Waals surface area contributed by atoms with Crippen LogP contribution in [0.5, 0.6) is 11.5 Å². The van der Waals surface area contributed by atoms with Gasteiger partial charge in [0, 0.05) is 6.54 Å². The lowest BCUT2D eigenvalue weighted by Gasteiger charge is -2.27. The molecular formula is C17H17BrN2O4S. The van der Waals surface area contributed by atoms with E-state index >= 15 is 0 Å². The molecule has 6 nitrogen and oxygen atoms in total. The maximum Gasteiger partial charge on any atom is 0.265 e. The number of rotatable bonds is 6. The smallest absolute Gasteiger partial charge is 0.265 e. The van der Waals surface area contributed by atoms with Gasteiger partial charge in [0.25, 0.3) is 11.8 Å². The van der Waals surface area contributed by atoms with E-state index in [2.05, 4.69) is 27.8 Å². The Morgan fingerprint density at radius 3 is 2.72 bits per heavy atom. The lowest BCUT2D eigenvalue weighted by Crippen LogP contribution is -2.53. The summed E-state index contributed by atoms with van der Waals surface area (Å²) in [6.07, 6.45) is 3.02. The number of methoxy groups -OCH3 is 1. The van der Waals surface area contributed by atoms with Crippen molar-refractivity contribution >= 4 is 51.2 Å². The molecular weight excluding hydrogens is 408 g/mol. The Labute approximate surface area is 159 Å². The van der Waals surface area contributed by atoms with Crippen molar-refractivity contribution in [3.05, 3.63) is 40.4 Å². The number of hydrogen-bond acceptors (Lipinski definition) is 5. The van der Waals surface area contributed by atoms with Crippen LogP contribution >= 0.6 is 28.1 Å². The van der Waals surface area contributed by atoms with E-state index in [0.717, 1.165) is 0 Å². The number of carbonyl (C=O) groups excluding carboxylic acids is 2. The summed E-state index contributed by atoms with van der Waals surface area (Å²) in [5.41, 5.74) is 0.589. The van der Waals surface area contributed by atoms with Gasteiger partial charge < -0.3 is 9.47 Å². The van der Waals surface area contributed by atoms with Gasteiger partial charge in [0.1, 0.15) is 5.57 Å². The molecule has 1 N–H and O–H groups in total. The number of benzene rings is 1. The maximum atomic E-state index is 12.5. The number of hydrogen-bond donors (Lipinski definition) is 1. The molecule has 1 saturated heterocycles. The van der Waals surface area contributed by atoms with Gasteiger partial charge in [-0.2, -0.15) is 0 Å². The zero-order chi connectivity index (χ0) is 18.6. The van der Waals surface area contributed by atoms with Crippen LogP contribution in [0, 0.1) is 0 Å². The third kappa shape index (κ3) is 4.08. The van der Waals surface area contributed by atoms with Crippen LogP contribution in [0.2, 0.25) is 0 Å². The fourth-order valence-corrected chi connectivity index (χ4v) is 3.09. The van der Waals surface area contributed by atoms with Crippen molar-refractivity contribution in [2.75, 3.05) is 20.3 Å². The first-order valence-electron chi connectivity index (χ1n) is 7.43. The Morgan fingerprint density at radius 1 is 1.40 bits per heavy atom. The molecule has 8 heteroatoms. The van der Waals surface area contributed by atoms with Gasteiger partial charge in [-0.15, -0.1) is 6.58 Å². The van der Waals surface area contributed by atoms with E-state index in [9.17, 15) is 9.59 Å². The number of amides is 2. The van der Waals surface area contributed by atoms with Gasteiger partial charge in [0.2, 0.25) is 0 Å². The molecule has 0 radical (unpaired) electrons. The molecule has 0 unspecified atom stereocenters. The average molecular weight is 425 g/mol. The first kappa shape index (κ1) is 19.1. The quantitative estimate of drug-likeness (QED) is 0.329. The average Bonchev–Trinajstić information content (AvgIpc) is 2.57. The van der Waals surface area contributed by atoms with E-state index in [-0.39, 0.29) is 17.2 Å². The SMILES string of the molecule is C=CCN1C(=O)/C(=C/c2cc(Br)c(OCC)c(OC)c2)C(=O)NC1=S. The highest BCUT2D eigenvalue weighted by atomic mass is 79.9. The molecule has 0 aliphatic carbocycles. The summed E-state index contributed by atoms with van der Waals surface area (Å²) in [6, 6.07) is 3.43. The van der Waals surface area contributed by atoms with Gasteiger partial charge in [-0.1, -0.05) is 6.08 Å². The molecule has 0 bridgehead atoms. The number of ether oxygens (including phenoxy) is 2. The van der Waals surface area contributed by atoms with Crippen LogP contribution in [0.4, 0.5) is 0 Å². The van der Waals surface area contributed by atoms with Gasteiger partial charge >= 0.3 is 0 Å². The van der Waals surface area contributed by atoms with Crippen LogP contribution in [-0.4, -0.2) is 42.1 Å². The molecule has 25 heavy (non-hydrogen) atoms. The molecule has 132 valence electrons. The van der Waals surface area contributed by atoms with Crippen LogP contribution in [0.25, 0.3) is 6.08 Å². The van der Waals surface area contributed by atoms with Gasteiger partial charge in [-0.25, -0.2) is 0 Å². The molecule has 1 aliphatic rings. The normalized spacial score (nSPS) is 16.0. The predicted octanol–water partition coefficient (Wildman–Crippen LogP) is 2.67. The second-order valence-corrected chi connectivity index (χ2v) is 6.23. The summed E-state index contributed by atoms with van der Waals surface area (Å²) in [5, 5.41) is 2.57. The van der Waals surface area contributed by atoms with Crippen LogP contribution < -0.4 is 14.8 Å². The Bertz CT molecular complexity index is 776. The predicted molar refractivity (Wildman–Crippen MR) is 102 cm³/mol. The van der Waals surface area contributed by atoms with Crippen molar-refractivity contribution in [3.63, 3.8) is 0 Å². The first-order valence-corrected chi connectivity index (χ1v) is 8.63. The third-order valence-corrected chi connectivity index (χ3v) is 4.26. The summed E-state index contributed by atoms with van der Waals surface area (Å²) in [4.78, 5) is 26.0. The zero-order valence-corrected chi connectivity index (χ0v) is 16.2. The highest BCUT2D eigenvalue weighted by Crippen LogP contribution is 2.37. The highest BCUT2D eigenvalue weighted by molar-refractivity contribution is 9.10. The monoisotopic (exact) mass is 424 g/mol. The molecule has 2 rings (SSSR count). The van der Waals surface area contributed by atoms with Crippen LogP contribution in [-0.2, 0) is 9.59 Å². The fourth-order valence-electron chi connectivity index (χ4n) is 2.26. The van der Waals surface area contributed by atoms with Crippen LogP contribution in [0.3, 0.4) is 0 Å². The summed E-state index contributed by atoms with van der Waals surface area (Å²) in [6.45, 7) is 6.15. The van der Waals surface area contributed by atoms with Crippen molar-refractivity contribution < 1.29 is 19.1 Å². The largest absolute Gasteiger partial charge is 0.493 e. The Balaban J connectivity index is 2.46. The van der Waals surface area contributed by atoms with Crippen LogP contribution in [0.1, 0.15) is 12.5 Å². The van der Waals surface area contributed by atoms with E-state index in [0.29, 0.717) is 28.1 Å². The molecule has 0 spiro atoms. The fraction of sp³-hybridized carbons (Fsp3) is 0.235. The Hall–Kier alpha value is -2.19. The summed E-state index contributed by atoms with van der Waals surface area (Å²) >= 11 is 8.44. The van der Waals surface area contributed by atoms with E-state index in [4.69, 9.17) is 21.7 Å². The maximum absolute atomic E-state index is 12.5. The summed E-state index contributed by atoms with van der Waals surface area (Å²) < 4.78 is 11.5. The molecule has 0 saturated carbocycles. The van der Waals surface area contributed by atoms with Gasteiger partial charge in [-0.3, -0.25) is 19.8 Å². The van der Waals surface area contributed by atoms with E-state index < -0.39 is 11.8 Å². The van der Waals surface area contributed by atoms with Crippen molar-refractivity contribution in [2.24, 2.45) is 0 Å². The molecule has 1 heterocycles. The van der Waals surface area contributed by atoms with Gasteiger partial charge in [0.15, 0.2) is 16.6 Å². The molecule has 0 aromatic heterocycles. The standard InChI is InChI=1S/C17H17BrN2O4S/c1-4-6-20-16(22)11(15(21)19-17(20)25)7-10-8-12(18)14(24-5-2)13(9-10)23-3/h4,7-9H,1,5-6H2,2-3H3,(H,19,21,25)/b11-7+. The van der Waals surface area contributed by atoms with E-state index in [1.165, 1.54) is 24.2 Å². The zero-order valence-electron chi connectivity index (χ0n) is 13.8. The Kier molecular flexibility index (Phi) is 6.33. The summed E-state index contributed by atoms with van der Waals surface area (Å²) in [5.74, 6) is 0.0307. The molecule has 1 aliphatic heterocycles. The topological polar surface area (TPSA) is 67.9 Å². The minimum atomic E-state index is -0.542. The van der Waals surface area contributed by atoms with Gasteiger partial charge in [-0.05, 0) is 58.8 Å². The highest BCUT2D eigenvalue weighted by Gasteiger charge is 2.32. The lowest BCUT2D eigenvalue weighted by molar-refractivity contribution is -0.128. The van der Waals surface area contributed by atoms with E-state index in [1.54, 1.807) is 12.1 Å². The second-order valence-electron chi connectivity index (χ2n) is 4.99. The lowest BCUT2D eigenvalue weighted by atomic mass is 10.1. The van der Waals surface area contributed by atoms with Crippen molar-refractivity contribution in [1.29, 1.82) is 0 Å². The molecule has 2 amide bonds. The first-order chi connectivity index (χ1) is 11.9. The molecule has 1 fully saturated rings. The van der Waals surface area contributed by atoms with Crippen molar-refractivity contribution in [1.82, 2.24) is 10.2 Å². The van der Waals surface area contributed by atoms with E-state index in [1.807, 2.05) is 6.92 Å². The molecule has 1 aromatic rings. The number of halogens is 1. The van der Waals surface area contributed by atoms with Crippen molar-refractivity contribution in [3.8, 4) is 11.5 Å². The van der Waals surface area contributed by atoms with Crippen molar-refractivity contribution in [2.45, 2.75) is 6.92 Å². The minimum Gasteiger partial charge on any atom is -0.493 e. The minimum absolute atomic E-state index is 0.0198. The molecule has 1 aromatic carbocycles. The number of nitrogens with one attached hydrogen (secondary N) is 1. The third-order valence-electron chi connectivity index (χ3n) is 3.35. The number of thiocarbonyl (C=S) groups is 1. The second kappa shape index (κ2) is 8.26. The molecule has 0 atom stereocenters. The number of carbonyl (C=O) groups is 2. The van der Waals surface area contributed by atoms with Crippen LogP contribution in [0.15, 0.2) is 34.8 Å². The van der Waals surface area contributed by atoms with Gasteiger partial charge in [0.05, 0.1) is 18.2 Å².